The zero-order valence-electron chi connectivity index (χ0n) is 30.7. The zero-order chi connectivity index (χ0) is 36.3. The molecule has 3 aliphatic heterocycles. The van der Waals surface area contributed by atoms with Crippen LogP contribution in [0.3, 0.4) is 0 Å². The van der Waals surface area contributed by atoms with Crippen LogP contribution in [0.2, 0.25) is 0 Å². The molecule has 0 saturated carbocycles. The molecule has 0 spiro atoms. The standard InChI is InChI=1S/C35H56N2O11.Ac/c1-12-14-36-33(43)48-34(8)17-18(3)27(39)20(5)23-16-26(38)47-35(23,9)25(13-2)45-31(42)22(7)28(40)21(6)30(34)46-32-29(41)24(37(10)11)15-19(4)44-32;/h12,18-25,29-30,32,41H,1,13-17H2,2-11H3,(H,36,43);/t18-,19-,20?,21+,22-,23?,24+,25-,29-,30-,32+,34-,35+;/m1./s1. The number of likely N-dealkylation sites (N-methyl/N-ethyl adjacent to an activating group) is 1. The van der Waals surface area contributed by atoms with Crippen molar-refractivity contribution in [2.24, 2.45) is 29.6 Å². The van der Waals surface area contributed by atoms with E-state index in [1.165, 1.54) is 13.0 Å². The van der Waals surface area contributed by atoms with E-state index in [9.17, 15) is 29.1 Å². The number of nitrogens with zero attached hydrogens (tertiary/aromatic N) is 1. The Morgan fingerprint density at radius 1 is 1.08 bits per heavy atom. The van der Waals surface area contributed by atoms with Crippen molar-refractivity contribution in [2.45, 2.75) is 129 Å². The van der Waals surface area contributed by atoms with E-state index >= 15 is 0 Å². The molecule has 0 aliphatic carbocycles. The molecule has 0 aromatic heterocycles. The van der Waals surface area contributed by atoms with Gasteiger partial charge in [0.15, 0.2) is 12.1 Å². The van der Waals surface area contributed by atoms with Crippen molar-refractivity contribution < 1.29 is 96.8 Å². The average Bonchev–Trinajstić information content (AvgIpc) is 3.34. The van der Waals surface area contributed by atoms with Gasteiger partial charge in [-0.1, -0.05) is 33.8 Å². The summed E-state index contributed by atoms with van der Waals surface area (Å²) < 4.78 is 30.3. The van der Waals surface area contributed by atoms with Crippen molar-refractivity contribution in [3.05, 3.63) is 12.7 Å². The molecule has 3 saturated heterocycles. The molecule has 1 amide bonds. The Labute approximate surface area is 326 Å². The largest absolute Gasteiger partial charge is 0.458 e. The number of ether oxygens (including phenoxy) is 5. The monoisotopic (exact) mass is 907 g/mol. The van der Waals surface area contributed by atoms with Crippen molar-refractivity contribution in [3.8, 4) is 0 Å². The molecule has 3 heterocycles. The molecule has 3 rings (SSSR count). The number of alkyl carbamates (subject to hydrolysis) is 1. The molecule has 3 fully saturated rings. The minimum atomic E-state index is -1.67. The number of amides is 1. The fourth-order valence-electron chi connectivity index (χ4n) is 7.79. The Morgan fingerprint density at radius 2 is 1.71 bits per heavy atom. The van der Waals surface area contributed by atoms with Gasteiger partial charge >= 0.3 is 18.0 Å². The molecule has 49 heavy (non-hydrogen) atoms. The van der Waals surface area contributed by atoms with Crippen LogP contribution in [-0.4, -0.2) is 108 Å². The van der Waals surface area contributed by atoms with Crippen LogP contribution in [0.15, 0.2) is 12.7 Å². The molecule has 2 unspecified atom stereocenters. The third-order valence-corrected chi connectivity index (χ3v) is 10.5. The normalized spacial score (nSPS) is 40.7. The number of esters is 2. The van der Waals surface area contributed by atoms with Crippen molar-refractivity contribution in [3.63, 3.8) is 0 Å². The smallest absolute Gasteiger partial charge is 0.408 e. The van der Waals surface area contributed by atoms with Crippen molar-refractivity contribution >= 4 is 29.6 Å². The van der Waals surface area contributed by atoms with E-state index in [1.54, 1.807) is 41.5 Å². The van der Waals surface area contributed by atoms with Crippen molar-refractivity contribution in [2.75, 3.05) is 20.6 Å². The summed E-state index contributed by atoms with van der Waals surface area (Å²) in [4.78, 5) is 69.7. The summed E-state index contributed by atoms with van der Waals surface area (Å²) in [5, 5.41) is 14.0. The predicted molar refractivity (Wildman–Crippen MR) is 174 cm³/mol. The summed E-state index contributed by atoms with van der Waals surface area (Å²) in [5.74, 6) is -6.66. The van der Waals surface area contributed by atoms with Gasteiger partial charge in [-0.05, 0) is 61.1 Å². The van der Waals surface area contributed by atoms with E-state index in [4.69, 9.17) is 23.7 Å². The minimum Gasteiger partial charge on any atom is -0.458 e. The van der Waals surface area contributed by atoms with Gasteiger partial charge in [0.05, 0.1) is 12.5 Å². The maximum atomic E-state index is 14.2. The van der Waals surface area contributed by atoms with Gasteiger partial charge in [0.1, 0.15) is 41.2 Å². The fraction of sp³-hybridized carbons (Fsp3) is 0.800. The van der Waals surface area contributed by atoms with Gasteiger partial charge < -0.3 is 39.0 Å². The molecule has 275 valence electrons. The number of nitrogens with one attached hydrogen (secondary N) is 1. The summed E-state index contributed by atoms with van der Waals surface area (Å²) in [5.41, 5.74) is -2.98. The van der Waals surface area contributed by atoms with Crippen molar-refractivity contribution in [1.82, 2.24) is 10.2 Å². The van der Waals surface area contributed by atoms with Crippen molar-refractivity contribution in [1.29, 1.82) is 0 Å². The third kappa shape index (κ3) is 9.72. The molecular formula is C35H56AcN2O11. The van der Waals surface area contributed by atoms with Gasteiger partial charge in [0, 0.05) is 80.3 Å². The van der Waals surface area contributed by atoms with E-state index in [0.717, 1.165) is 0 Å². The first-order chi connectivity index (χ1) is 22.3. The van der Waals surface area contributed by atoms with Crippen LogP contribution in [0.25, 0.3) is 0 Å². The van der Waals surface area contributed by atoms with E-state index in [0.29, 0.717) is 6.42 Å². The van der Waals surface area contributed by atoms with Gasteiger partial charge in [-0.2, -0.15) is 0 Å². The fourth-order valence-corrected chi connectivity index (χ4v) is 7.79. The second-order valence-electron chi connectivity index (χ2n) is 14.5. The molecule has 13 atom stereocenters. The summed E-state index contributed by atoms with van der Waals surface area (Å²) >= 11 is 0. The Morgan fingerprint density at radius 3 is 2.29 bits per heavy atom. The quantitative estimate of drug-likeness (QED) is 0.166. The second-order valence-corrected chi connectivity index (χ2v) is 14.5. The molecule has 0 aromatic rings. The number of aliphatic hydroxyl groups is 1. The molecule has 0 bridgehead atoms. The molecule has 13 nitrogen and oxygen atoms in total. The van der Waals surface area contributed by atoms with Crippen LogP contribution in [0.5, 0.6) is 0 Å². The number of hydrogen-bond donors (Lipinski definition) is 2. The van der Waals surface area contributed by atoms with Gasteiger partial charge in [0.2, 0.25) is 0 Å². The maximum absolute atomic E-state index is 14.2. The molecule has 3 aliphatic rings. The minimum absolute atomic E-state index is 0. The van der Waals surface area contributed by atoms with E-state index in [2.05, 4.69) is 11.9 Å². The Kier molecular flexibility index (Phi) is 15.9. The summed E-state index contributed by atoms with van der Waals surface area (Å²) in [7, 11) is 3.65. The number of rotatable bonds is 7. The summed E-state index contributed by atoms with van der Waals surface area (Å²) in [6.07, 6.45) is -3.64. The van der Waals surface area contributed by atoms with Gasteiger partial charge in [0.25, 0.3) is 0 Å². The zero-order valence-corrected chi connectivity index (χ0v) is 35.5. The number of fused-ring (bicyclic) bond motifs is 1. The molecule has 2 N–H and O–H groups in total. The Balaban J connectivity index is 0.00000833. The molecule has 0 aromatic carbocycles. The number of Topliss-reactive ketones (excluding diaryl/α,β-unsaturated/α-hetero) is 2. The second kappa shape index (κ2) is 17.9. The number of hydrogen-bond acceptors (Lipinski definition) is 12. The van der Waals surface area contributed by atoms with Crippen LogP contribution < -0.4 is 5.32 Å². The first kappa shape index (κ1) is 43.7. The first-order valence-corrected chi connectivity index (χ1v) is 17.0. The van der Waals surface area contributed by atoms with Gasteiger partial charge in [-0.25, -0.2) is 4.79 Å². The maximum Gasteiger partial charge on any atom is 0.408 e. The summed E-state index contributed by atoms with van der Waals surface area (Å²) in [6, 6.07) is -0.349. The topological polar surface area (TPSA) is 167 Å². The van der Waals surface area contributed by atoms with Gasteiger partial charge in [-0.15, -0.1) is 6.58 Å². The van der Waals surface area contributed by atoms with E-state index in [1.807, 2.05) is 25.9 Å². The summed E-state index contributed by atoms with van der Waals surface area (Å²) in [6.45, 7) is 17.0. The molecule has 14 heteroatoms. The SMILES string of the molecule is C=CCNC(=O)O[C@]1(C)C[C@@H](C)C(=O)C(C)C2CC(=O)O[C@]2(C)[C@@H](CC)OC(=O)[C@H](C)C(=O)[C@H](C)[C@H]1O[C@@H]1O[C@H](C)C[C@H](N(C)C)[C@H]1O.[Ac]. The number of cyclic esters (lactones) is 1. The van der Waals surface area contributed by atoms with Crippen LogP contribution in [0.1, 0.15) is 81.1 Å². The van der Waals surface area contributed by atoms with Crippen LogP contribution in [0.4, 0.5) is 4.79 Å². The molecule has 1 radical (unpaired) electrons. The number of aliphatic hydroxyl groups excluding tert-OH is 1. The Hall–Kier alpha value is -1.43. The predicted octanol–water partition coefficient (Wildman–Crippen LogP) is 3.20. The van der Waals surface area contributed by atoms with E-state index in [-0.39, 0.29) is 87.8 Å². The Bertz CT molecular complexity index is 1230. The van der Waals surface area contributed by atoms with Crippen LogP contribution >= 0.6 is 0 Å². The number of ketones is 2. The van der Waals surface area contributed by atoms with Crippen LogP contribution in [0, 0.1) is 73.7 Å². The van der Waals surface area contributed by atoms with Crippen LogP contribution in [-0.2, 0) is 42.9 Å². The number of carbonyl (C=O) groups excluding carboxylic acids is 5. The van der Waals surface area contributed by atoms with E-state index < -0.39 is 89.2 Å². The average molecular weight is 908 g/mol. The first-order valence-electron chi connectivity index (χ1n) is 17.0. The molecular weight excluding hydrogens is 851 g/mol. The third-order valence-electron chi connectivity index (χ3n) is 10.5. The van der Waals surface area contributed by atoms with Gasteiger partial charge in [-0.3, -0.25) is 19.2 Å². The number of carbonyl (C=O) groups is 5.